The topological polar surface area (TPSA) is 91.2 Å². The summed E-state index contributed by atoms with van der Waals surface area (Å²) in [6.45, 7) is 3.92. The zero-order valence-corrected chi connectivity index (χ0v) is 16.1. The van der Waals surface area contributed by atoms with E-state index in [9.17, 15) is 4.79 Å². The highest BCUT2D eigenvalue weighted by molar-refractivity contribution is 7.99. The lowest BCUT2D eigenvalue weighted by atomic mass is 10.2. The van der Waals surface area contributed by atoms with Gasteiger partial charge >= 0.3 is 0 Å². The maximum Gasteiger partial charge on any atom is 0.223 e. The minimum Gasteiger partial charge on any atom is -0.328 e. The van der Waals surface area contributed by atoms with Gasteiger partial charge in [-0.3, -0.25) is 15.0 Å². The highest BCUT2D eigenvalue weighted by Gasteiger charge is 2.31. The fourth-order valence-corrected chi connectivity index (χ4v) is 4.24. The summed E-state index contributed by atoms with van der Waals surface area (Å²) in [5.41, 5.74) is 0.926. The van der Waals surface area contributed by atoms with E-state index in [1.165, 1.54) is 0 Å². The molecule has 2 fully saturated rings. The molecule has 1 aromatic carbocycles. The molecule has 3 heterocycles. The van der Waals surface area contributed by atoms with E-state index in [1.54, 1.807) is 16.4 Å². The van der Waals surface area contributed by atoms with Crippen LogP contribution in [0.15, 0.2) is 35.5 Å². The van der Waals surface area contributed by atoms with E-state index in [2.05, 4.69) is 43.0 Å². The molecule has 0 radical (unpaired) electrons. The Balaban J connectivity index is 1.37. The van der Waals surface area contributed by atoms with Gasteiger partial charge in [-0.2, -0.15) is 4.68 Å². The lowest BCUT2D eigenvalue weighted by Crippen LogP contribution is -2.66. The van der Waals surface area contributed by atoms with E-state index in [1.807, 2.05) is 30.3 Å². The number of amides is 1. The van der Waals surface area contributed by atoms with Crippen molar-refractivity contribution in [3.8, 4) is 5.69 Å². The van der Waals surface area contributed by atoms with Gasteiger partial charge in [0.15, 0.2) is 0 Å². The number of benzene rings is 1. The van der Waals surface area contributed by atoms with E-state index in [4.69, 9.17) is 0 Å². The zero-order valence-electron chi connectivity index (χ0n) is 15.3. The summed E-state index contributed by atoms with van der Waals surface area (Å²) in [6, 6.07) is 9.89. The fraction of sp³-hybridized carbons (Fsp3) is 0.529. The van der Waals surface area contributed by atoms with E-state index >= 15 is 0 Å². The molecule has 10 heteroatoms. The third kappa shape index (κ3) is 4.46. The predicted octanol–water partition coefficient (Wildman–Crippen LogP) is -0.236. The minimum absolute atomic E-state index is 0.0781. The Morgan fingerprint density at radius 2 is 1.96 bits per heavy atom. The van der Waals surface area contributed by atoms with E-state index in [0.717, 1.165) is 42.8 Å². The smallest absolute Gasteiger partial charge is 0.223 e. The first-order valence-corrected chi connectivity index (χ1v) is 10.1. The third-order valence-electron chi connectivity index (χ3n) is 4.88. The van der Waals surface area contributed by atoms with Crippen LogP contribution in [0.2, 0.25) is 0 Å². The van der Waals surface area contributed by atoms with Crippen molar-refractivity contribution in [2.75, 3.05) is 39.0 Å². The summed E-state index contributed by atoms with van der Waals surface area (Å²) >= 11 is 1.56. The average molecular weight is 389 g/mol. The Morgan fingerprint density at radius 1 is 1.19 bits per heavy atom. The molecule has 2 N–H and O–H groups in total. The quantitative estimate of drug-likeness (QED) is 0.679. The van der Waals surface area contributed by atoms with Crippen LogP contribution in [0.5, 0.6) is 0 Å². The molecule has 27 heavy (non-hydrogen) atoms. The number of para-hydroxylation sites is 1. The molecule has 9 nitrogen and oxygen atoms in total. The van der Waals surface area contributed by atoms with E-state index in [-0.39, 0.29) is 18.2 Å². The van der Waals surface area contributed by atoms with Gasteiger partial charge in [0.25, 0.3) is 0 Å². The largest absolute Gasteiger partial charge is 0.328 e. The van der Waals surface area contributed by atoms with Crippen molar-refractivity contribution in [2.24, 2.45) is 0 Å². The van der Waals surface area contributed by atoms with Crippen LogP contribution in [0.1, 0.15) is 6.42 Å². The average Bonchev–Trinajstić information content (AvgIpc) is 3.16. The summed E-state index contributed by atoms with van der Waals surface area (Å²) in [4.78, 5) is 16.8. The monoisotopic (exact) mass is 388 g/mol. The van der Waals surface area contributed by atoms with Crippen LogP contribution < -0.4 is 10.6 Å². The van der Waals surface area contributed by atoms with Crippen LogP contribution in [-0.2, 0) is 4.79 Å². The first-order valence-electron chi connectivity index (χ1n) is 9.13. The van der Waals surface area contributed by atoms with Crippen LogP contribution in [0.3, 0.4) is 0 Å². The number of carbonyl (C=O) groups excluding carboxylic acids is 1. The second-order valence-electron chi connectivity index (χ2n) is 6.90. The Hall–Kier alpha value is -2.01. The van der Waals surface area contributed by atoms with Gasteiger partial charge in [-0.05, 0) is 29.6 Å². The maximum atomic E-state index is 12.2. The second-order valence-corrected chi connectivity index (χ2v) is 7.88. The van der Waals surface area contributed by atoms with Gasteiger partial charge in [0.2, 0.25) is 11.1 Å². The van der Waals surface area contributed by atoms with Crippen molar-refractivity contribution in [1.29, 1.82) is 0 Å². The van der Waals surface area contributed by atoms with Crippen LogP contribution in [0.25, 0.3) is 5.69 Å². The number of thioether (sulfide) groups is 1. The van der Waals surface area contributed by atoms with Gasteiger partial charge in [0.1, 0.15) is 6.29 Å². The van der Waals surface area contributed by atoms with Crippen LogP contribution in [-0.4, -0.2) is 87.2 Å². The molecule has 1 amide bonds. The van der Waals surface area contributed by atoms with Crippen molar-refractivity contribution >= 4 is 17.7 Å². The summed E-state index contributed by atoms with van der Waals surface area (Å²) < 4.78 is 1.73. The van der Waals surface area contributed by atoms with Gasteiger partial charge in [0, 0.05) is 44.4 Å². The van der Waals surface area contributed by atoms with E-state index in [0.29, 0.717) is 6.42 Å². The Morgan fingerprint density at radius 3 is 2.74 bits per heavy atom. The van der Waals surface area contributed by atoms with Gasteiger partial charge in [-0.1, -0.05) is 30.0 Å². The number of carbonyl (C=O) groups is 1. The molecule has 0 saturated carbocycles. The van der Waals surface area contributed by atoms with Crippen LogP contribution in [0.4, 0.5) is 0 Å². The summed E-state index contributed by atoms with van der Waals surface area (Å²) in [6.07, 6.45) is 0.361. The standard InChI is InChI=1S/C17H24N8OS/c1-23-7-9-24(10-8-23)16-18-13(11-15(26)19-16)12-27-17-20-21-22-25(17)14-5-3-2-4-6-14/h2-6,13,16,18H,7-12H2,1H3,(H,19,26). The fourth-order valence-electron chi connectivity index (χ4n) is 3.32. The van der Waals surface area contributed by atoms with Crippen molar-refractivity contribution in [2.45, 2.75) is 23.9 Å². The molecule has 0 bridgehead atoms. The number of tetrazole rings is 1. The molecule has 2 saturated heterocycles. The molecule has 2 aliphatic heterocycles. The Bertz CT molecular complexity index is 761. The minimum atomic E-state index is -0.101. The number of piperazine rings is 1. The lowest BCUT2D eigenvalue weighted by Gasteiger charge is -2.42. The molecule has 1 aromatic heterocycles. The molecule has 0 spiro atoms. The van der Waals surface area contributed by atoms with Gasteiger partial charge in [-0.25, -0.2) is 0 Å². The van der Waals surface area contributed by atoms with Gasteiger partial charge < -0.3 is 10.2 Å². The predicted molar refractivity (Wildman–Crippen MR) is 102 cm³/mol. The molecule has 0 aliphatic carbocycles. The summed E-state index contributed by atoms with van der Waals surface area (Å²) in [5.74, 6) is 0.816. The van der Waals surface area contributed by atoms with Crippen molar-refractivity contribution in [3.05, 3.63) is 30.3 Å². The Labute approximate surface area is 162 Å². The highest BCUT2D eigenvalue weighted by atomic mass is 32.2. The number of rotatable bonds is 5. The van der Waals surface area contributed by atoms with E-state index < -0.39 is 0 Å². The number of nitrogens with zero attached hydrogens (tertiary/aromatic N) is 6. The van der Waals surface area contributed by atoms with Crippen molar-refractivity contribution in [1.82, 2.24) is 40.6 Å². The van der Waals surface area contributed by atoms with Crippen molar-refractivity contribution in [3.63, 3.8) is 0 Å². The number of aromatic nitrogens is 4. The highest BCUT2D eigenvalue weighted by Crippen LogP contribution is 2.20. The lowest BCUT2D eigenvalue weighted by molar-refractivity contribution is -0.127. The maximum absolute atomic E-state index is 12.2. The number of likely N-dealkylation sites (N-methyl/N-ethyl adjacent to an activating group) is 1. The number of hydrogen-bond donors (Lipinski definition) is 2. The number of nitrogens with one attached hydrogen (secondary N) is 2. The van der Waals surface area contributed by atoms with Crippen LogP contribution >= 0.6 is 11.8 Å². The molecule has 2 aliphatic rings. The SMILES string of the molecule is CN1CCN(C2NC(=O)CC(CSc3nnnn3-c3ccccc3)N2)CC1. The first kappa shape index (κ1) is 18.4. The van der Waals surface area contributed by atoms with Gasteiger partial charge in [-0.15, -0.1) is 5.10 Å². The van der Waals surface area contributed by atoms with Gasteiger partial charge in [0.05, 0.1) is 5.69 Å². The molecular formula is C17H24N8OS. The normalized spacial score (nSPS) is 24.7. The third-order valence-corrected chi connectivity index (χ3v) is 5.96. The first-order chi connectivity index (χ1) is 13.2. The summed E-state index contributed by atoms with van der Waals surface area (Å²) in [7, 11) is 2.13. The molecule has 2 unspecified atom stereocenters. The molecule has 144 valence electrons. The Kier molecular flexibility index (Phi) is 5.67. The molecule has 2 atom stereocenters. The molecular weight excluding hydrogens is 364 g/mol. The second kappa shape index (κ2) is 8.34. The van der Waals surface area contributed by atoms with Crippen molar-refractivity contribution < 1.29 is 4.79 Å². The van der Waals surface area contributed by atoms with Crippen LogP contribution in [0, 0.1) is 0 Å². The molecule has 2 aromatic rings. The molecule has 4 rings (SSSR count). The number of hydrogen-bond acceptors (Lipinski definition) is 8. The zero-order chi connectivity index (χ0) is 18.6. The summed E-state index contributed by atoms with van der Waals surface area (Å²) in [5, 5.41) is 19.4.